The predicted octanol–water partition coefficient (Wildman–Crippen LogP) is -0.00868. The molecule has 0 unspecified atom stereocenters. The molecule has 0 radical (unpaired) electrons. The van der Waals surface area contributed by atoms with Crippen molar-refractivity contribution >= 4 is 33.4 Å². The molecule has 11 heteroatoms. The average molecular weight is 398 g/mol. The summed E-state index contributed by atoms with van der Waals surface area (Å²) in [4.78, 5) is 30.6. The van der Waals surface area contributed by atoms with Crippen LogP contribution < -0.4 is 16.0 Å². The molecule has 1 aromatic heterocycles. The fourth-order valence-corrected chi connectivity index (χ4v) is 3.34. The number of aryl methyl sites for hydroxylation is 1. The van der Waals surface area contributed by atoms with Crippen molar-refractivity contribution in [1.29, 1.82) is 0 Å². The molecule has 0 aliphatic carbocycles. The normalized spacial score (nSPS) is 11.3. The number of primary sulfonamides is 1. The second-order valence-electron chi connectivity index (χ2n) is 5.31. The number of hydrogen-bond acceptors (Lipinski definition) is 7. The van der Waals surface area contributed by atoms with Gasteiger partial charge in [0.25, 0.3) is 5.56 Å². The quantitative estimate of drug-likeness (QED) is 0.377. The Labute approximate surface area is 154 Å². The number of aliphatic hydroxyl groups excluding tert-OH is 1. The van der Waals surface area contributed by atoms with Gasteiger partial charge in [-0.2, -0.15) is 0 Å². The fraction of sp³-hybridized carbons (Fsp3) is 0.267. The van der Waals surface area contributed by atoms with Gasteiger partial charge in [-0.3, -0.25) is 9.59 Å². The Bertz CT molecular complexity index is 955. The van der Waals surface area contributed by atoms with Crippen LogP contribution in [0.25, 0.3) is 0 Å². The van der Waals surface area contributed by atoms with E-state index in [-0.39, 0.29) is 35.1 Å². The first-order chi connectivity index (χ1) is 12.2. The molecule has 2 rings (SSSR count). The second kappa shape index (κ2) is 8.45. The van der Waals surface area contributed by atoms with Gasteiger partial charge in [0.05, 0.1) is 10.6 Å². The van der Waals surface area contributed by atoms with E-state index in [1.165, 1.54) is 24.3 Å². The maximum Gasteiger partial charge on any atom is 0.255 e. The largest absolute Gasteiger partial charge is 0.396 e. The molecule has 0 fully saturated rings. The molecule has 0 spiro atoms. The van der Waals surface area contributed by atoms with E-state index in [4.69, 9.17) is 10.2 Å². The van der Waals surface area contributed by atoms with E-state index in [0.717, 1.165) is 11.8 Å². The van der Waals surface area contributed by atoms with Crippen molar-refractivity contribution in [3.8, 4) is 0 Å². The van der Waals surface area contributed by atoms with Crippen LogP contribution in [0.1, 0.15) is 11.3 Å². The topological polar surface area (TPSA) is 155 Å². The van der Waals surface area contributed by atoms with Gasteiger partial charge in [0.2, 0.25) is 15.9 Å². The number of nitrogens with two attached hydrogens (primary N) is 1. The number of carbonyl (C=O) groups is 1. The molecule has 0 aliphatic heterocycles. The minimum absolute atomic E-state index is 0.00132. The number of amides is 1. The summed E-state index contributed by atoms with van der Waals surface area (Å²) >= 11 is 1.05. The third kappa shape index (κ3) is 5.39. The van der Waals surface area contributed by atoms with Crippen LogP contribution in [0.15, 0.2) is 39.1 Å². The van der Waals surface area contributed by atoms with E-state index in [0.29, 0.717) is 22.1 Å². The number of benzene rings is 1. The number of sulfonamides is 1. The number of aromatic amines is 1. The van der Waals surface area contributed by atoms with Crippen molar-refractivity contribution in [2.45, 2.75) is 23.4 Å². The number of H-pyrrole nitrogens is 1. The highest BCUT2D eigenvalue weighted by molar-refractivity contribution is 7.99. The number of aliphatic hydroxyl groups is 1. The van der Waals surface area contributed by atoms with Gasteiger partial charge in [-0.15, -0.1) is 0 Å². The summed E-state index contributed by atoms with van der Waals surface area (Å²) in [5.41, 5.74) is 0.993. The number of nitrogens with one attached hydrogen (secondary N) is 2. The van der Waals surface area contributed by atoms with Crippen LogP contribution in [0.5, 0.6) is 0 Å². The number of nitrogens with zero attached hydrogens (tertiary/aromatic N) is 1. The molecular formula is C15H18N4O5S2. The summed E-state index contributed by atoms with van der Waals surface area (Å²) in [6, 6.07) is 5.44. The van der Waals surface area contributed by atoms with Gasteiger partial charge in [-0.25, -0.2) is 18.5 Å². The highest BCUT2D eigenvalue weighted by Crippen LogP contribution is 2.16. The van der Waals surface area contributed by atoms with Crippen LogP contribution in [-0.2, 0) is 21.2 Å². The predicted molar refractivity (Wildman–Crippen MR) is 97.6 cm³/mol. The number of rotatable bonds is 7. The van der Waals surface area contributed by atoms with E-state index in [1.54, 1.807) is 6.92 Å². The Morgan fingerprint density at radius 2 is 2.00 bits per heavy atom. The van der Waals surface area contributed by atoms with Crippen molar-refractivity contribution in [2.24, 2.45) is 5.14 Å². The van der Waals surface area contributed by atoms with Crippen LogP contribution >= 0.6 is 11.8 Å². The zero-order valence-corrected chi connectivity index (χ0v) is 15.5. The molecule has 9 nitrogen and oxygen atoms in total. The number of anilines is 1. The first kappa shape index (κ1) is 20.1. The molecular weight excluding hydrogens is 380 g/mol. The van der Waals surface area contributed by atoms with E-state index in [9.17, 15) is 18.0 Å². The lowest BCUT2D eigenvalue weighted by Crippen LogP contribution is -2.19. The van der Waals surface area contributed by atoms with Gasteiger partial charge in [0, 0.05) is 30.0 Å². The molecule has 1 amide bonds. The van der Waals surface area contributed by atoms with Crippen molar-refractivity contribution in [2.75, 3.05) is 17.7 Å². The first-order valence-corrected chi connectivity index (χ1v) is 10.00. The summed E-state index contributed by atoms with van der Waals surface area (Å²) in [5.74, 6) is -0.350. The Morgan fingerprint density at radius 3 is 2.54 bits per heavy atom. The van der Waals surface area contributed by atoms with Crippen molar-refractivity contribution in [3.63, 3.8) is 0 Å². The molecule has 5 N–H and O–H groups in total. The summed E-state index contributed by atoms with van der Waals surface area (Å²) < 4.78 is 22.4. The average Bonchev–Trinajstić information content (AvgIpc) is 2.56. The standard InChI is InChI=1S/C15H18N4O5S2/c1-9-12(6-7-20)14(22)19-15(17-9)25-8-13(21)18-10-2-4-11(5-3-10)26(16,23)24/h2-5,20H,6-8H2,1H3,(H,18,21)(H2,16,23,24)(H,17,19,22). The maximum absolute atomic E-state index is 12.0. The lowest BCUT2D eigenvalue weighted by Gasteiger charge is -2.07. The van der Waals surface area contributed by atoms with Crippen LogP contribution in [0, 0.1) is 6.92 Å². The summed E-state index contributed by atoms with van der Waals surface area (Å²) in [6.07, 6.45) is 0.216. The number of aromatic nitrogens is 2. The molecule has 1 aromatic carbocycles. The second-order valence-corrected chi connectivity index (χ2v) is 7.84. The monoisotopic (exact) mass is 398 g/mol. The van der Waals surface area contributed by atoms with Gasteiger partial charge < -0.3 is 15.4 Å². The fourth-order valence-electron chi connectivity index (χ4n) is 2.12. The molecule has 2 aromatic rings. The molecule has 0 bridgehead atoms. The smallest absolute Gasteiger partial charge is 0.255 e. The Balaban J connectivity index is 1.98. The number of carbonyl (C=O) groups excluding carboxylic acids is 1. The molecule has 140 valence electrons. The summed E-state index contributed by atoms with van der Waals surface area (Å²) in [5, 5.41) is 16.8. The first-order valence-electron chi connectivity index (χ1n) is 7.47. The van der Waals surface area contributed by atoms with E-state index in [2.05, 4.69) is 15.3 Å². The third-order valence-corrected chi connectivity index (χ3v) is 5.17. The van der Waals surface area contributed by atoms with Crippen LogP contribution in [0.4, 0.5) is 5.69 Å². The zero-order valence-electron chi connectivity index (χ0n) is 13.9. The molecule has 0 aliphatic rings. The molecule has 0 saturated heterocycles. The minimum Gasteiger partial charge on any atom is -0.396 e. The lowest BCUT2D eigenvalue weighted by molar-refractivity contribution is -0.113. The molecule has 26 heavy (non-hydrogen) atoms. The van der Waals surface area contributed by atoms with Crippen LogP contribution in [0.3, 0.4) is 0 Å². The van der Waals surface area contributed by atoms with Crippen molar-refractivity contribution in [1.82, 2.24) is 9.97 Å². The van der Waals surface area contributed by atoms with Crippen molar-refractivity contribution < 1.29 is 18.3 Å². The minimum atomic E-state index is -3.78. The van der Waals surface area contributed by atoms with Crippen LogP contribution in [0.2, 0.25) is 0 Å². The summed E-state index contributed by atoms with van der Waals surface area (Å²) in [7, 11) is -3.78. The third-order valence-electron chi connectivity index (χ3n) is 3.37. The van der Waals surface area contributed by atoms with E-state index >= 15 is 0 Å². The van der Waals surface area contributed by atoms with E-state index in [1.807, 2.05) is 0 Å². The Kier molecular flexibility index (Phi) is 6.53. The van der Waals surface area contributed by atoms with Gasteiger partial charge in [0.1, 0.15) is 0 Å². The van der Waals surface area contributed by atoms with Gasteiger partial charge >= 0.3 is 0 Å². The van der Waals surface area contributed by atoms with Gasteiger partial charge in [-0.05, 0) is 31.2 Å². The SMILES string of the molecule is Cc1nc(SCC(=O)Nc2ccc(S(N)(=O)=O)cc2)[nH]c(=O)c1CCO. The zero-order chi connectivity index (χ0) is 19.3. The Hall–Kier alpha value is -2.21. The summed E-state index contributed by atoms with van der Waals surface area (Å²) in [6.45, 7) is 1.52. The molecule has 0 atom stereocenters. The highest BCUT2D eigenvalue weighted by atomic mass is 32.2. The Morgan fingerprint density at radius 1 is 1.35 bits per heavy atom. The molecule has 0 saturated carbocycles. The van der Waals surface area contributed by atoms with Crippen molar-refractivity contribution in [3.05, 3.63) is 45.9 Å². The van der Waals surface area contributed by atoms with Gasteiger partial charge in [0.15, 0.2) is 5.16 Å². The number of hydrogen-bond donors (Lipinski definition) is 4. The lowest BCUT2D eigenvalue weighted by atomic mass is 10.2. The van der Waals surface area contributed by atoms with Crippen LogP contribution in [-0.4, -0.2) is 41.8 Å². The maximum atomic E-state index is 12.0. The molecule has 1 heterocycles. The van der Waals surface area contributed by atoms with Gasteiger partial charge in [-0.1, -0.05) is 11.8 Å². The highest BCUT2D eigenvalue weighted by Gasteiger charge is 2.11. The number of thioether (sulfide) groups is 1. The van der Waals surface area contributed by atoms with E-state index < -0.39 is 10.0 Å².